The summed E-state index contributed by atoms with van der Waals surface area (Å²) in [6.07, 6.45) is 1.14. The lowest BCUT2D eigenvalue weighted by molar-refractivity contribution is 0.259. The number of halogens is 1. The number of anilines is 1. The Balaban J connectivity index is 0.00000400. The van der Waals surface area contributed by atoms with Gasteiger partial charge < -0.3 is 20.7 Å². The van der Waals surface area contributed by atoms with Crippen LogP contribution in [-0.4, -0.2) is 44.1 Å². The van der Waals surface area contributed by atoms with Crippen LogP contribution in [0.15, 0.2) is 29.3 Å². The van der Waals surface area contributed by atoms with Crippen LogP contribution < -0.4 is 15.8 Å². The van der Waals surface area contributed by atoms with Gasteiger partial charge in [0, 0.05) is 24.3 Å². The third kappa shape index (κ3) is 7.52. The number of nitrogens with one attached hydrogen (secondary N) is 1. The number of nitrogens with two attached hydrogens (primary N) is 1. The SMILES string of the molecule is CCC(C)N(C)CCN=C(N)Nc1cccc(OC)c1.I. The van der Waals surface area contributed by atoms with Gasteiger partial charge in [-0.3, -0.25) is 4.99 Å². The van der Waals surface area contributed by atoms with Gasteiger partial charge in [-0.1, -0.05) is 13.0 Å². The van der Waals surface area contributed by atoms with Crippen molar-refractivity contribution < 1.29 is 4.74 Å². The first kappa shape index (κ1) is 20.0. The number of likely N-dealkylation sites (N-methyl/N-ethyl adjacent to an activating group) is 1. The van der Waals surface area contributed by atoms with Crippen LogP contribution >= 0.6 is 24.0 Å². The Morgan fingerprint density at radius 1 is 1.48 bits per heavy atom. The maximum atomic E-state index is 5.87. The van der Waals surface area contributed by atoms with Crippen LogP contribution in [0.1, 0.15) is 20.3 Å². The number of nitrogens with zero attached hydrogens (tertiary/aromatic N) is 2. The molecule has 5 nitrogen and oxygen atoms in total. The lowest BCUT2D eigenvalue weighted by atomic mass is 10.2. The van der Waals surface area contributed by atoms with E-state index in [4.69, 9.17) is 10.5 Å². The van der Waals surface area contributed by atoms with Crippen LogP contribution in [-0.2, 0) is 0 Å². The van der Waals surface area contributed by atoms with Crippen LogP contribution in [0.25, 0.3) is 0 Å². The van der Waals surface area contributed by atoms with Gasteiger partial charge in [0.25, 0.3) is 0 Å². The summed E-state index contributed by atoms with van der Waals surface area (Å²) in [5.41, 5.74) is 6.75. The lowest BCUT2D eigenvalue weighted by Gasteiger charge is -2.22. The van der Waals surface area contributed by atoms with Gasteiger partial charge in [0.15, 0.2) is 5.96 Å². The van der Waals surface area contributed by atoms with Gasteiger partial charge >= 0.3 is 0 Å². The fourth-order valence-corrected chi connectivity index (χ4v) is 1.75. The van der Waals surface area contributed by atoms with Gasteiger partial charge in [0.05, 0.1) is 13.7 Å². The third-order valence-corrected chi connectivity index (χ3v) is 3.42. The van der Waals surface area contributed by atoms with E-state index in [1.165, 1.54) is 0 Å². The van der Waals surface area contributed by atoms with Gasteiger partial charge in [-0.2, -0.15) is 0 Å². The molecule has 1 aromatic carbocycles. The predicted molar refractivity (Wildman–Crippen MR) is 101 cm³/mol. The number of ether oxygens (including phenoxy) is 1. The Hall–Kier alpha value is -1.02. The molecule has 1 aromatic rings. The van der Waals surface area contributed by atoms with Crippen molar-refractivity contribution in [3.05, 3.63) is 24.3 Å². The fraction of sp³-hybridized carbons (Fsp3) is 0.533. The van der Waals surface area contributed by atoms with E-state index < -0.39 is 0 Å². The molecular weight excluding hydrogens is 379 g/mol. The molecule has 1 rings (SSSR count). The fourth-order valence-electron chi connectivity index (χ4n) is 1.75. The summed E-state index contributed by atoms with van der Waals surface area (Å²) in [5, 5.41) is 3.06. The molecule has 0 radical (unpaired) electrons. The maximum Gasteiger partial charge on any atom is 0.193 e. The normalized spacial score (nSPS) is 12.7. The Bertz CT molecular complexity index is 439. The highest BCUT2D eigenvalue weighted by molar-refractivity contribution is 14.0. The summed E-state index contributed by atoms with van der Waals surface area (Å²) in [5.74, 6) is 1.22. The average Bonchev–Trinajstić information content (AvgIpc) is 2.46. The second kappa shape index (κ2) is 10.7. The molecule has 0 bridgehead atoms. The molecule has 1 unspecified atom stereocenters. The van der Waals surface area contributed by atoms with Crippen molar-refractivity contribution in [2.24, 2.45) is 10.7 Å². The third-order valence-electron chi connectivity index (χ3n) is 3.42. The molecule has 0 aliphatic carbocycles. The van der Waals surface area contributed by atoms with Crippen LogP contribution in [0.2, 0.25) is 0 Å². The molecule has 0 heterocycles. The minimum absolute atomic E-state index is 0. The smallest absolute Gasteiger partial charge is 0.193 e. The van der Waals surface area contributed by atoms with E-state index in [1.54, 1.807) is 7.11 Å². The number of hydrogen-bond acceptors (Lipinski definition) is 3. The Morgan fingerprint density at radius 3 is 2.81 bits per heavy atom. The topological polar surface area (TPSA) is 62.9 Å². The van der Waals surface area contributed by atoms with Gasteiger partial charge in [-0.25, -0.2) is 0 Å². The van der Waals surface area contributed by atoms with Crippen molar-refractivity contribution in [3.8, 4) is 5.75 Å². The molecule has 1 atom stereocenters. The van der Waals surface area contributed by atoms with E-state index in [1.807, 2.05) is 24.3 Å². The van der Waals surface area contributed by atoms with Crippen LogP contribution in [0, 0.1) is 0 Å². The Kier molecular flexibility index (Phi) is 10.2. The van der Waals surface area contributed by atoms with Gasteiger partial charge in [0.1, 0.15) is 5.75 Å². The Labute approximate surface area is 145 Å². The van der Waals surface area contributed by atoms with Crippen LogP contribution in [0.3, 0.4) is 0 Å². The van der Waals surface area contributed by atoms with Crippen LogP contribution in [0.5, 0.6) is 5.75 Å². The largest absolute Gasteiger partial charge is 0.497 e. The highest BCUT2D eigenvalue weighted by Crippen LogP contribution is 2.16. The van der Waals surface area contributed by atoms with E-state index >= 15 is 0 Å². The summed E-state index contributed by atoms with van der Waals surface area (Å²) < 4.78 is 5.16. The van der Waals surface area contributed by atoms with Crippen molar-refractivity contribution in [1.82, 2.24) is 4.90 Å². The average molecular weight is 406 g/mol. The van der Waals surface area contributed by atoms with Crippen molar-refractivity contribution in [1.29, 1.82) is 0 Å². The highest BCUT2D eigenvalue weighted by atomic mass is 127. The first-order chi connectivity index (χ1) is 9.56. The monoisotopic (exact) mass is 406 g/mol. The summed E-state index contributed by atoms with van der Waals surface area (Å²) in [6, 6.07) is 8.17. The zero-order chi connectivity index (χ0) is 15.0. The van der Waals surface area contributed by atoms with E-state index in [2.05, 4.69) is 36.1 Å². The van der Waals surface area contributed by atoms with E-state index in [-0.39, 0.29) is 24.0 Å². The molecule has 0 aliphatic heterocycles. The molecule has 0 aliphatic rings. The molecule has 3 N–H and O–H groups in total. The molecule has 0 aromatic heterocycles. The number of benzene rings is 1. The number of aliphatic imine (C=N–C) groups is 1. The van der Waals surface area contributed by atoms with Crippen molar-refractivity contribution in [3.63, 3.8) is 0 Å². The molecule has 0 spiro atoms. The zero-order valence-corrected chi connectivity index (χ0v) is 15.6. The summed E-state index contributed by atoms with van der Waals surface area (Å²) in [7, 11) is 3.75. The lowest BCUT2D eigenvalue weighted by Crippen LogP contribution is -2.31. The van der Waals surface area contributed by atoms with Gasteiger partial charge in [-0.15, -0.1) is 24.0 Å². The van der Waals surface area contributed by atoms with Crippen molar-refractivity contribution >= 4 is 35.6 Å². The molecule has 0 fully saturated rings. The summed E-state index contributed by atoms with van der Waals surface area (Å²) >= 11 is 0. The zero-order valence-electron chi connectivity index (χ0n) is 13.3. The molecule has 120 valence electrons. The van der Waals surface area contributed by atoms with Crippen molar-refractivity contribution in [2.45, 2.75) is 26.3 Å². The second-order valence-corrected chi connectivity index (χ2v) is 4.86. The standard InChI is InChI=1S/C15H26N4O.HI/c1-5-12(2)19(3)10-9-17-15(16)18-13-7-6-8-14(11-13)20-4;/h6-8,11-12H,5,9-10H2,1-4H3,(H3,16,17,18);1H. The number of hydrogen-bond donors (Lipinski definition) is 2. The Morgan fingerprint density at radius 2 is 2.19 bits per heavy atom. The first-order valence-electron chi connectivity index (χ1n) is 6.98. The van der Waals surface area contributed by atoms with Gasteiger partial charge in [0.2, 0.25) is 0 Å². The highest BCUT2D eigenvalue weighted by Gasteiger charge is 2.05. The number of guanidine groups is 1. The molecule has 0 amide bonds. The van der Waals surface area contributed by atoms with Gasteiger partial charge in [-0.05, 0) is 32.5 Å². The quantitative estimate of drug-likeness (QED) is 0.415. The molecule has 6 heteroatoms. The molecular formula is C15H27IN4O. The van der Waals surface area contributed by atoms with E-state index in [0.717, 1.165) is 24.4 Å². The maximum absolute atomic E-state index is 5.87. The summed E-state index contributed by atoms with van der Waals surface area (Å²) in [4.78, 5) is 6.61. The van der Waals surface area contributed by atoms with Crippen molar-refractivity contribution in [2.75, 3.05) is 32.6 Å². The second-order valence-electron chi connectivity index (χ2n) is 4.86. The number of methoxy groups -OCH3 is 1. The first-order valence-corrected chi connectivity index (χ1v) is 6.98. The molecule has 0 saturated heterocycles. The predicted octanol–water partition coefficient (Wildman–Crippen LogP) is 2.77. The molecule has 21 heavy (non-hydrogen) atoms. The van der Waals surface area contributed by atoms with E-state index in [0.29, 0.717) is 18.5 Å². The molecule has 0 saturated carbocycles. The van der Waals surface area contributed by atoms with E-state index in [9.17, 15) is 0 Å². The van der Waals surface area contributed by atoms with Crippen LogP contribution in [0.4, 0.5) is 5.69 Å². The summed E-state index contributed by atoms with van der Waals surface area (Å²) in [6.45, 7) is 5.98. The number of rotatable bonds is 7. The minimum atomic E-state index is 0. The minimum Gasteiger partial charge on any atom is -0.497 e.